The smallest absolute Gasteiger partial charge is 0.0782 e. The zero-order chi connectivity index (χ0) is 20.8. The standard InChI is InChI=1S/C28H29N/c1-18-8-7-9-19(2)26(18)22-10-12-24(20(3)16-22)27-25-13-11-23(28(4,5)6)17-21(25)14-15-29-27/h7-17H,1-6H3. The summed E-state index contributed by atoms with van der Waals surface area (Å²) in [6, 6.07) is 22.2. The van der Waals surface area contributed by atoms with Crippen LogP contribution in [0.25, 0.3) is 33.2 Å². The Kier molecular flexibility index (Phi) is 4.78. The van der Waals surface area contributed by atoms with Crippen molar-refractivity contribution in [3.8, 4) is 22.4 Å². The first-order chi connectivity index (χ1) is 13.8. The summed E-state index contributed by atoms with van der Waals surface area (Å²) in [5, 5.41) is 2.46. The zero-order valence-electron chi connectivity index (χ0n) is 18.3. The molecule has 29 heavy (non-hydrogen) atoms. The summed E-state index contributed by atoms with van der Waals surface area (Å²) < 4.78 is 0. The Morgan fingerprint density at radius 1 is 0.724 bits per heavy atom. The van der Waals surface area contributed by atoms with Gasteiger partial charge in [-0.25, -0.2) is 0 Å². The Balaban J connectivity index is 1.85. The summed E-state index contributed by atoms with van der Waals surface area (Å²) in [5.74, 6) is 0. The van der Waals surface area contributed by atoms with Crippen molar-refractivity contribution in [1.29, 1.82) is 0 Å². The quantitative estimate of drug-likeness (QED) is 0.346. The van der Waals surface area contributed by atoms with Gasteiger partial charge in [0.05, 0.1) is 5.69 Å². The second-order valence-corrected chi connectivity index (χ2v) is 9.14. The normalized spacial score (nSPS) is 11.8. The molecular formula is C28H29N. The second kappa shape index (κ2) is 7.15. The number of benzene rings is 3. The molecule has 3 aromatic carbocycles. The molecule has 0 saturated carbocycles. The second-order valence-electron chi connectivity index (χ2n) is 9.14. The number of rotatable bonds is 2. The maximum absolute atomic E-state index is 4.77. The molecule has 0 aliphatic carbocycles. The topological polar surface area (TPSA) is 12.9 Å². The van der Waals surface area contributed by atoms with E-state index in [1.807, 2.05) is 6.20 Å². The van der Waals surface area contributed by atoms with Crippen LogP contribution in [0.2, 0.25) is 0 Å². The first-order valence-corrected chi connectivity index (χ1v) is 10.3. The number of aryl methyl sites for hydroxylation is 3. The van der Waals surface area contributed by atoms with Gasteiger partial charge in [0.25, 0.3) is 0 Å². The van der Waals surface area contributed by atoms with Crippen LogP contribution in [0, 0.1) is 20.8 Å². The molecule has 0 saturated heterocycles. The molecule has 0 fully saturated rings. The minimum absolute atomic E-state index is 0.139. The van der Waals surface area contributed by atoms with E-state index in [4.69, 9.17) is 4.98 Å². The molecule has 0 radical (unpaired) electrons. The lowest BCUT2D eigenvalue weighted by Gasteiger charge is -2.20. The van der Waals surface area contributed by atoms with Gasteiger partial charge in [0.15, 0.2) is 0 Å². The van der Waals surface area contributed by atoms with Gasteiger partial charge in [0.1, 0.15) is 0 Å². The van der Waals surface area contributed by atoms with E-state index in [2.05, 4.69) is 102 Å². The molecule has 0 bridgehead atoms. The van der Waals surface area contributed by atoms with E-state index in [0.29, 0.717) is 0 Å². The van der Waals surface area contributed by atoms with Crippen LogP contribution in [0.5, 0.6) is 0 Å². The number of pyridine rings is 1. The van der Waals surface area contributed by atoms with Gasteiger partial charge in [0, 0.05) is 17.1 Å². The highest BCUT2D eigenvalue weighted by Gasteiger charge is 2.16. The fraction of sp³-hybridized carbons (Fsp3) is 0.250. The SMILES string of the molecule is Cc1cc(-c2c(C)cccc2C)ccc1-c1nccc2cc(C(C)(C)C)ccc12. The van der Waals surface area contributed by atoms with Crippen molar-refractivity contribution in [2.24, 2.45) is 0 Å². The monoisotopic (exact) mass is 379 g/mol. The van der Waals surface area contributed by atoms with Crippen molar-refractivity contribution in [1.82, 2.24) is 4.98 Å². The molecule has 0 atom stereocenters. The minimum atomic E-state index is 0.139. The summed E-state index contributed by atoms with van der Waals surface area (Å²) in [6.07, 6.45) is 1.93. The first-order valence-electron chi connectivity index (χ1n) is 10.3. The summed E-state index contributed by atoms with van der Waals surface area (Å²) in [4.78, 5) is 4.77. The molecule has 1 nitrogen and oxygen atoms in total. The Morgan fingerprint density at radius 2 is 1.45 bits per heavy atom. The number of fused-ring (bicyclic) bond motifs is 1. The van der Waals surface area contributed by atoms with Crippen LogP contribution < -0.4 is 0 Å². The van der Waals surface area contributed by atoms with Gasteiger partial charge in [0.2, 0.25) is 0 Å². The van der Waals surface area contributed by atoms with Crippen molar-refractivity contribution in [2.45, 2.75) is 47.0 Å². The molecule has 4 rings (SSSR count). The van der Waals surface area contributed by atoms with Crippen LogP contribution in [0.3, 0.4) is 0 Å². The number of nitrogens with zero attached hydrogens (tertiary/aromatic N) is 1. The minimum Gasteiger partial charge on any atom is -0.256 e. The van der Waals surface area contributed by atoms with Gasteiger partial charge in [-0.1, -0.05) is 75.4 Å². The highest BCUT2D eigenvalue weighted by atomic mass is 14.7. The fourth-order valence-corrected chi connectivity index (χ4v) is 4.21. The van der Waals surface area contributed by atoms with Crippen molar-refractivity contribution in [3.63, 3.8) is 0 Å². The van der Waals surface area contributed by atoms with Crippen LogP contribution in [0.1, 0.15) is 43.0 Å². The molecule has 0 aliphatic rings. The van der Waals surface area contributed by atoms with Crippen LogP contribution in [-0.2, 0) is 5.41 Å². The lowest BCUT2D eigenvalue weighted by Crippen LogP contribution is -2.10. The molecule has 0 N–H and O–H groups in total. The third-order valence-corrected chi connectivity index (χ3v) is 5.88. The van der Waals surface area contributed by atoms with Gasteiger partial charge in [-0.2, -0.15) is 0 Å². The summed E-state index contributed by atoms with van der Waals surface area (Å²) >= 11 is 0. The Bertz CT molecular complexity index is 1190. The summed E-state index contributed by atoms with van der Waals surface area (Å²) in [6.45, 7) is 13.3. The molecule has 146 valence electrons. The molecule has 0 unspecified atom stereocenters. The lowest BCUT2D eigenvalue weighted by atomic mass is 9.85. The summed E-state index contributed by atoms with van der Waals surface area (Å²) in [7, 11) is 0. The van der Waals surface area contributed by atoms with Crippen molar-refractivity contribution in [2.75, 3.05) is 0 Å². The van der Waals surface area contributed by atoms with Gasteiger partial charge in [-0.05, 0) is 71.0 Å². The summed E-state index contributed by atoms with van der Waals surface area (Å²) in [5.41, 5.74) is 10.3. The van der Waals surface area contributed by atoms with Gasteiger partial charge in [-0.15, -0.1) is 0 Å². The molecule has 4 aromatic rings. The highest BCUT2D eigenvalue weighted by Crippen LogP contribution is 2.35. The molecular weight excluding hydrogens is 350 g/mol. The first kappa shape index (κ1) is 19.4. The molecule has 0 spiro atoms. The molecule has 1 aromatic heterocycles. The van der Waals surface area contributed by atoms with E-state index in [-0.39, 0.29) is 5.41 Å². The fourth-order valence-electron chi connectivity index (χ4n) is 4.21. The molecule has 0 amide bonds. The lowest BCUT2D eigenvalue weighted by molar-refractivity contribution is 0.591. The van der Waals surface area contributed by atoms with Gasteiger partial charge in [-0.3, -0.25) is 4.98 Å². The predicted octanol–water partition coefficient (Wildman–Crippen LogP) is 7.79. The third kappa shape index (κ3) is 3.58. The Hall–Kier alpha value is -2.93. The van der Waals surface area contributed by atoms with E-state index in [0.717, 1.165) is 5.69 Å². The molecule has 1 heterocycles. The van der Waals surface area contributed by atoms with Crippen molar-refractivity contribution < 1.29 is 0 Å². The third-order valence-electron chi connectivity index (χ3n) is 5.88. The Labute approximate surface area is 174 Å². The average Bonchev–Trinajstić information content (AvgIpc) is 2.66. The van der Waals surface area contributed by atoms with Gasteiger partial charge < -0.3 is 0 Å². The van der Waals surface area contributed by atoms with Crippen molar-refractivity contribution >= 4 is 10.8 Å². The Morgan fingerprint density at radius 3 is 2.10 bits per heavy atom. The molecule has 1 heteroatoms. The van der Waals surface area contributed by atoms with Crippen molar-refractivity contribution in [3.05, 3.63) is 89.1 Å². The maximum Gasteiger partial charge on any atom is 0.0782 e. The number of aromatic nitrogens is 1. The van der Waals surface area contributed by atoms with E-state index >= 15 is 0 Å². The average molecular weight is 380 g/mol. The van der Waals surface area contributed by atoms with Crippen LogP contribution in [0.4, 0.5) is 0 Å². The largest absolute Gasteiger partial charge is 0.256 e. The number of hydrogen-bond donors (Lipinski definition) is 0. The highest BCUT2D eigenvalue weighted by molar-refractivity contribution is 5.96. The molecule has 0 aliphatic heterocycles. The van der Waals surface area contributed by atoms with Crippen LogP contribution in [-0.4, -0.2) is 4.98 Å². The maximum atomic E-state index is 4.77. The van der Waals surface area contributed by atoms with Gasteiger partial charge >= 0.3 is 0 Å². The van der Waals surface area contributed by atoms with Crippen LogP contribution >= 0.6 is 0 Å². The van der Waals surface area contributed by atoms with E-state index in [9.17, 15) is 0 Å². The van der Waals surface area contributed by atoms with E-state index in [1.54, 1.807) is 0 Å². The number of hydrogen-bond acceptors (Lipinski definition) is 1. The van der Waals surface area contributed by atoms with E-state index in [1.165, 1.54) is 49.7 Å². The van der Waals surface area contributed by atoms with E-state index < -0.39 is 0 Å². The van der Waals surface area contributed by atoms with Crippen LogP contribution in [0.15, 0.2) is 66.9 Å². The predicted molar refractivity (Wildman–Crippen MR) is 126 cm³/mol. The zero-order valence-corrected chi connectivity index (χ0v) is 18.3.